The number of amides is 2. The van der Waals surface area contributed by atoms with Crippen LogP contribution in [0, 0.1) is 17.6 Å². The molecular weight excluding hydrogens is 410 g/mol. The Kier molecular flexibility index (Phi) is 14.8. The van der Waals surface area contributed by atoms with Gasteiger partial charge in [-0.05, 0) is 25.0 Å². The van der Waals surface area contributed by atoms with Crippen molar-refractivity contribution in [1.82, 2.24) is 5.32 Å². The number of hydrogen-bond acceptors (Lipinski definition) is 2. The second-order valence-electron chi connectivity index (χ2n) is 7.28. The smallest absolute Gasteiger partial charge is 0.223 e. The van der Waals surface area contributed by atoms with Crippen molar-refractivity contribution in [1.29, 1.82) is 0 Å². The van der Waals surface area contributed by atoms with E-state index in [1.807, 2.05) is 0 Å². The van der Waals surface area contributed by atoms with Gasteiger partial charge in [0.1, 0.15) is 11.6 Å². The first-order chi connectivity index (χ1) is 14.2. The fourth-order valence-electron chi connectivity index (χ4n) is 3.04. The van der Waals surface area contributed by atoms with Gasteiger partial charge in [0.15, 0.2) is 0 Å². The van der Waals surface area contributed by atoms with Crippen LogP contribution in [0.1, 0.15) is 83.7 Å². The molecule has 2 rings (SSSR count). The van der Waals surface area contributed by atoms with Crippen molar-refractivity contribution in [2.24, 2.45) is 11.7 Å². The molecule has 1 unspecified atom stereocenters. The number of carbonyl (C=O) groups is 2. The minimum Gasteiger partial charge on any atom is -0.370 e. The third-order valence-electron chi connectivity index (χ3n) is 4.61. The first-order valence-corrected chi connectivity index (χ1v) is 10.9. The molecule has 1 fully saturated rings. The van der Waals surface area contributed by atoms with Crippen molar-refractivity contribution < 1.29 is 18.4 Å². The van der Waals surface area contributed by atoms with Crippen LogP contribution in [0.2, 0.25) is 5.02 Å². The van der Waals surface area contributed by atoms with Crippen molar-refractivity contribution in [3.63, 3.8) is 0 Å². The van der Waals surface area contributed by atoms with Crippen LogP contribution in [-0.2, 0) is 9.59 Å². The Labute approximate surface area is 184 Å². The monoisotopic (exact) mass is 444 g/mol. The molecule has 170 valence electrons. The number of carbonyl (C=O) groups excluding carboxylic acids is 2. The van der Waals surface area contributed by atoms with Gasteiger partial charge in [0.05, 0.1) is 16.6 Å². The highest BCUT2D eigenvalue weighted by Crippen LogP contribution is 2.29. The van der Waals surface area contributed by atoms with Crippen LogP contribution in [0.4, 0.5) is 8.78 Å². The molecule has 0 saturated heterocycles. The molecule has 1 atom stereocenters. The zero-order chi connectivity index (χ0) is 23.1. The lowest BCUT2D eigenvalue weighted by atomic mass is 10.0. The van der Waals surface area contributed by atoms with E-state index in [9.17, 15) is 18.4 Å². The second-order valence-corrected chi connectivity index (χ2v) is 7.69. The molecule has 1 aromatic carbocycles. The number of nitrogens with one attached hydrogen (secondary N) is 1. The molecule has 0 aliphatic heterocycles. The third kappa shape index (κ3) is 10.7. The van der Waals surface area contributed by atoms with Crippen molar-refractivity contribution >= 4 is 23.4 Å². The van der Waals surface area contributed by atoms with E-state index in [0.717, 1.165) is 37.8 Å². The van der Waals surface area contributed by atoms with Gasteiger partial charge in [-0.3, -0.25) is 9.59 Å². The van der Waals surface area contributed by atoms with Crippen LogP contribution in [0.3, 0.4) is 0 Å². The molecule has 0 aromatic heterocycles. The lowest BCUT2D eigenvalue weighted by Gasteiger charge is -2.19. The molecule has 30 heavy (non-hydrogen) atoms. The van der Waals surface area contributed by atoms with E-state index in [0.29, 0.717) is 0 Å². The molecule has 1 aliphatic rings. The van der Waals surface area contributed by atoms with E-state index in [4.69, 9.17) is 11.6 Å². The van der Waals surface area contributed by atoms with Crippen molar-refractivity contribution in [3.05, 3.63) is 47.0 Å². The van der Waals surface area contributed by atoms with E-state index < -0.39 is 17.7 Å². The largest absolute Gasteiger partial charge is 0.370 e. The summed E-state index contributed by atoms with van der Waals surface area (Å²) in [4.78, 5) is 21.3. The number of unbranched alkanes of at least 4 members (excludes halogenated alkanes) is 3. The van der Waals surface area contributed by atoms with E-state index in [1.54, 1.807) is 0 Å². The Balaban J connectivity index is 0.000000703. The molecule has 0 bridgehead atoms. The predicted molar refractivity (Wildman–Crippen MR) is 119 cm³/mol. The highest BCUT2D eigenvalue weighted by atomic mass is 35.5. The standard InChI is InChI=1S/C15H16ClF2NO.C6H14.C2H5NO/c1-2-12(19-15(20)9-5-3-4-6-9)13-11(17)8-7-10(16)14(13)18;1-3-5-6-4-2;1-2(3)4/h2,7-9,12H,1,3-6H2,(H,19,20);3-6H2,1-2H3;1H3,(H2,3,4). The molecule has 7 heteroatoms. The maximum Gasteiger partial charge on any atom is 0.223 e. The summed E-state index contributed by atoms with van der Waals surface area (Å²) in [5.74, 6) is -2.21. The van der Waals surface area contributed by atoms with Gasteiger partial charge < -0.3 is 11.1 Å². The van der Waals surface area contributed by atoms with Crippen LogP contribution in [0.25, 0.3) is 0 Å². The zero-order valence-corrected chi connectivity index (χ0v) is 19.0. The second kappa shape index (κ2) is 15.8. The Morgan fingerprint density at radius 1 is 1.23 bits per heavy atom. The van der Waals surface area contributed by atoms with Crippen LogP contribution >= 0.6 is 11.6 Å². The quantitative estimate of drug-likeness (QED) is 0.297. The third-order valence-corrected chi connectivity index (χ3v) is 4.90. The number of primary amides is 1. The number of hydrogen-bond donors (Lipinski definition) is 2. The average Bonchev–Trinajstić information content (AvgIpc) is 3.23. The Morgan fingerprint density at radius 3 is 2.17 bits per heavy atom. The summed E-state index contributed by atoms with van der Waals surface area (Å²) >= 11 is 5.66. The van der Waals surface area contributed by atoms with E-state index in [2.05, 4.69) is 31.5 Å². The van der Waals surface area contributed by atoms with Crippen molar-refractivity contribution in [2.75, 3.05) is 0 Å². The highest BCUT2D eigenvalue weighted by Gasteiger charge is 2.27. The predicted octanol–water partition coefficient (Wildman–Crippen LogP) is 6.23. The summed E-state index contributed by atoms with van der Waals surface area (Å²) in [5.41, 5.74) is 4.21. The fraction of sp³-hybridized carbons (Fsp3) is 0.565. The van der Waals surface area contributed by atoms with E-state index >= 15 is 0 Å². The lowest BCUT2D eigenvalue weighted by molar-refractivity contribution is -0.125. The Bertz CT molecular complexity index is 669. The SMILES string of the molecule is C=CC(NC(=O)C1CCCC1)c1c(F)ccc(Cl)c1F.CC(N)=O.CCCCCC. The summed E-state index contributed by atoms with van der Waals surface area (Å²) < 4.78 is 27.8. The molecule has 3 N–H and O–H groups in total. The first kappa shape index (κ1) is 28.1. The molecule has 0 radical (unpaired) electrons. The minimum atomic E-state index is -0.915. The van der Waals surface area contributed by atoms with Gasteiger partial charge in [-0.2, -0.15) is 0 Å². The molecule has 2 amide bonds. The molecular formula is C23H35ClF2N2O2. The Hall–Kier alpha value is -1.95. The van der Waals surface area contributed by atoms with Crippen LogP contribution in [-0.4, -0.2) is 11.8 Å². The van der Waals surface area contributed by atoms with Gasteiger partial charge in [-0.25, -0.2) is 8.78 Å². The van der Waals surface area contributed by atoms with Crippen LogP contribution in [0.15, 0.2) is 24.8 Å². The van der Waals surface area contributed by atoms with Gasteiger partial charge >= 0.3 is 0 Å². The van der Waals surface area contributed by atoms with Crippen LogP contribution in [0.5, 0.6) is 0 Å². The molecule has 0 heterocycles. The summed E-state index contributed by atoms with van der Waals surface area (Å²) in [6, 6.07) is 1.31. The van der Waals surface area contributed by atoms with Gasteiger partial charge in [0.2, 0.25) is 11.8 Å². The summed E-state index contributed by atoms with van der Waals surface area (Å²) in [6.45, 7) is 9.31. The number of nitrogens with two attached hydrogens (primary N) is 1. The normalized spacial score (nSPS) is 13.9. The number of halogens is 3. The highest BCUT2D eigenvalue weighted by molar-refractivity contribution is 6.30. The summed E-state index contributed by atoms with van der Waals surface area (Å²) in [6.07, 6.45) is 10.5. The van der Waals surface area contributed by atoms with Gasteiger partial charge in [0.25, 0.3) is 0 Å². The molecule has 1 aliphatic carbocycles. The lowest BCUT2D eigenvalue weighted by Crippen LogP contribution is -2.33. The molecule has 4 nitrogen and oxygen atoms in total. The first-order valence-electron chi connectivity index (χ1n) is 10.5. The van der Waals surface area contributed by atoms with E-state index in [-0.39, 0.29) is 28.3 Å². The van der Waals surface area contributed by atoms with Gasteiger partial charge in [-0.15, -0.1) is 6.58 Å². The molecule has 1 saturated carbocycles. The maximum absolute atomic E-state index is 14.0. The number of benzene rings is 1. The zero-order valence-electron chi connectivity index (χ0n) is 18.3. The average molecular weight is 445 g/mol. The maximum atomic E-state index is 14.0. The number of rotatable bonds is 7. The Morgan fingerprint density at radius 2 is 1.73 bits per heavy atom. The van der Waals surface area contributed by atoms with Gasteiger partial charge in [-0.1, -0.05) is 70.0 Å². The topological polar surface area (TPSA) is 72.2 Å². The van der Waals surface area contributed by atoms with Crippen molar-refractivity contribution in [2.45, 2.75) is 78.2 Å². The molecule has 0 spiro atoms. The fourth-order valence-corrected chi connectivity index (χ4v) is 3.20. The van der Waals surface area contributed by atoms with Crippen LogP contribution < -0.4 is 11.1 Å². The molecule has 1 aromatic rings. The summed E-state index contributed by atoms with van der Waals surface area (Å²) in [5, 5.41) is 2.46. The van der Waals surface area contributed by atoms with Crippen molar-refractivity contribution in [3.8, 4) is 0 Å². The minimum absolute atomic E-state index is 0.0808. The summed E-state index contributed by atoms with van der Waals surface area (Å²) in [7, 11) is 0. The van der Waals surface area contributed by atoms with Gasteiger partial charge in [0, 0.05) is 12.8 Å². The van der Waals surface area contributed by atoms with E-state index in [1.165, 1.54) is 38.7 Å².